The lowest BCUT2D eigenvalue weighted by Gasteiger charge is -2.31. The first-order valence-electron chi connectivity index (χ1n) is 9.97. The third-order valence-corrected chi connectivity index (χ3v) is 5.83. The Bertz CT molecular complexity index is 370. The van der Waals surface area contributed by atoms with Crippen molar-refractivity contribution in [3.05, 3.63) is 0 Å². The number of hydrogen-bond donors (Lipinski definition) is 2. The minimum Gasteiger partial charge on any atom is -0.396 e. The third kappa shape index (κ3) is 7.21. The number of aliphatic hydroxyl groups is 1. The predicted molar refractivity (Wildman–Crippen MR) is 119 cm³/mol. The highest BCUT2D eigenvalue weighted by atomic mass is 127. The first-order chi connectivity index (χ1) is 11.6. The Balaban J connectivity index is 0.00000576. The van der Waals surface area contributed by atoms with Gasteiger partial charge < -0.3 is 15.3 Å². The molecular formula is C19H41IN4O. The summed E-state index contributed by atoms with van der Waals surface area (Å²) in [6, 6.07) is 0.642. The van der Waals surface area contributed by atoms with Crippen molar-refractivity contribution in [3.63, 3.8) is 0 Å². The number of hydrogen-bond acceptors (Lipinski definition) is 3. The molecule has 0 bridgehead atoms. The SMILES string of the molecule is CCNC(=NCC(CC)(CC)CCO)N1CCC(N(CC)CC)C1.I. The summed E-state index contributed by atoms with van der Waals surface area (Å²) in [7, 11) is 0. The molecule has 1 saturated heterocycles. The van der Waals surface area contributed by atoms with Crippen molar-refractivity contribution in [3.8, 4) is 0 Å². The summed E-state index contributed by atoms with van der Waals surface area (Å²) < 4.78 is 0. The second-order valence-electron chi connectivity index (χ2n) is 6.96. The Labute approximate surface area is 172 Å². The maximum atomic E-state index is 9.41. The maximum absolute atomic E-state index is 9.41. The van der Waals surface area contributed by atoms with E-state index >= 15 is 0 Å². The van der Waals surface area contributed by atoms with Crippen molar-refractivity contribution >= 4 is 29.9 Å². The molecule has 1 atom stereocenters. The maximum Gasteiger partial charge on any atom is 0.193 e. The first kappa shape index (κ1) is 24.9. The van der Waals surface area contributed by atoms with Crippen molar-refractivity contribution < 1.29 is 5.11 Å². The lowest BCUT2D eigenvalue weighted by atomic mass is 9.79. The largest absolute Gasteiger partial charge is 0.396 e. The zero-order valence-electron chi connectivity index (χ0n) is 17.1. The summed E-state index contributed by atoms with van der Waals surface area (Å²) in [5, 5.41) is 12.9. The number of rotatable bonds is 10. The number of likely N-dealkylation sites (N-methyl/N-ethyl adjacent to an activating group) is 1. The molecule has 0 aromatic rings. The van der Waals surface area contributed by atoms with E-state index in [0.29, 0.717) is 6.04 Å². The van der Waals surface area contributed by atoms with Crippen molar-refractivity contribution in [1.82, 2.24) is 15.1 Å². The molecule has 0 spiro atoms. The Kier molecular flexibility index (Phi) is 13.1. The van der Waals surface area contributed by atoms with Gasteiger partial charge in [-0.25, -0.2) is 0 Å². The Morgan fingerprint density at radius 3 is 2.32 bits per heavy atom. The van der Waals surface area contributed by atoms with Gasteiger partial charge >= 0.3 is 0 Å². The van der Waals surface area contributed by atoms with Gasteiger partial charge in [0.05, 0.1) is 0 Å². The standard InChI is InChI=1S/C19H40N4O.HI/c1-6-19(7-2,12-14-24)16-21-18(20-8-3)23-13-11-17(15-23)22(9-4)10-5;/h17,24H,6-16H2,1-5H3,(H,20,21);1H. The summed E-state index contributed by atoms with van der Waals surface area (Å²) in [5.41, 5.74) is 0.132. The molecule has 5 nitrogen and oxygen atoms in total. The molecular weight excluding hydrogens is 427 g/mol. The highest BCUT2D eigenvalue weighted by Crippen LogP contribution is 2.30. The Hall–Kier alpha value is -0.0800. The van der Waals surface area contributed by atoms with E-state index in [1.54, 1.807) is 0 Å². The molecule has 150 valence electrons. The van der Waals surface area contributed by atoms with E-state index in [1.807, 2.05) is 0 Å². The number of guanidine groups is 1. The minimum absolute atomic E-state index is 0. The summed E-state index contributed by atoms with van der Waals surface area (Å²) in [6.45, 7) is 17.4. The molecule has 1 fully saturated rings. The van der Waals surface area contributed by atoms with Crippen LogP contribution in [0.15, 0.2) is 4.99 Å². The lowest BCUT2D eigenvalue weighted by molar-refractivity contribution is 0.175. The van der Waals surface area contributed by atoms with Crippen molar-refractivity contribution in [1.29, 1.82) is 0 Å². The number of aliphatic imine (C=N–C) groups is 1. The van der Waals surface area contributed by atoms with E-state index in [-0.39, 0.29) is 36.0 Å². The van der Waals surface area contributed by atoms with Crippen LogP contribution in [-0.4, -0.2) is 72.8 Å². The van der Waals surface area contributed by atoms with E-state index in [4.69, 9.17) is 4.99 Å². The molecule has 0 saturated carbocycles. The quantitative estimate of drug-likeness (QED) is 0.294. The third-order valence-electron chi connectivity index (χ3n) is 5.83. The Morgan fingerprint density at radius 1 is 1.20 bits per heavy atom. The molecule has 2 N–H and O–H groups in total. The summed E-state index contributed by atoms with van der Waals surface area (Å²) in [6.07, 6.45) is 4.19. The van der Waals surface area contributed by atoms with Crippen LogP contribution in [-0.2, 0) is 0 Å². The zero-order chi connectivity index (χ0) is 18.0. The van der Waals surface area contributed by atoms with Gasteiger partial charge in [0.15, 0.2) is 5.96 Å². The summed E-state index contributed by atoms with van der Waals surface area (Å²) >= 11 is 0. The van der Waals surface area contributed by atoms with Gasteiger partial charge in [0.2, 0.25) is 0 Å². The first-order valence-corrected chi connectivity index (χ1v) is 9.97. The number of halogens is 1. The fraction of sp³-hybridized carbons (Fsp3) is 0.947. The average molecular weight is 468 g/mol. The molecule has 0 radical (unpaired) electrons. The van der Waals surface area contributed by atoms with Gasteiger partial charge in [0.25, 0.3) is 0 Å². The van der Waals surface area contributed by atoms with Crippen molar-refractivity contribution in [2.75, 3.05) is 45.9 Å². The molecule has 1 aliphatic heterocycles. The van der Waals surface area contributed by atoms with Gasteiger partial charge in [-0.3, -0.25) is 9.89 Å². The predicted octanol–water partition coefficient (Wildman–Crippen LogP) is 3.17. The molecule has 1 aliphatic rings. The second kappa shape index (κ2) is 13.1. The van der Waals surface area contributed by atoms with Crippen LogP contribution in [0.25, 0.3) is 0 Å². The van der Waals surface area contributed by atoms with Crippen LogP contribution in [0.5, 0.6) is 0 Å². The number of nitrogens with zero attached hydrogens (tertiary/aromatic N) is 3. The molecule has 1 unspecified atom stereocenters. The molecule has 0 aliphatic carbocycles. The van der Waals surface area contributed by atoms with Crippen LogP contribution in [0.4, 0.5) is 0 Å². The second-order valence-corrected chi connectivity index (χ2v) is 6.96. The summed E-state index contributed by atoms with van der Waals surface area (Å²) in [5.74, 6) is 1.05. The highest BCUT2D eigenvalue weighted by molar-refractivity contribution is 14.0. The molecule has 1 rings (SSSR count). The monoisotopic (exact) mass is 468 g/mol. The molecule has 0 aromatic heterocycles. The minimum atomic E-state index is 0. The van der Waals surface area contributed by atoms with E-state index in [2.05, 4.69) is 49.7 Å². The number of nitrogens with one attached hydrogen (secondary N) is 1. The van der Waals surface area contributed by atoms with Crippen LogP contribution in [0.2, 0.25) is 0 Å². The number of likely N-dealkylation sites (tertiary alicyclic amines) is 1. The van der Waals surface area contributed by atoms with Gasteiger partial charge in [-0.05, 0) is 51.1 Å². The average Bonchev–Trinajstić information content (AvgIpc) is 3.08. The molecule has 1 heterocycles. The fourth-order valence-electron chi connectivity index (χ4n) is 3.78. The molecule has 0 amide bonds. The topological polar surface area (TPSA) is 51.1 Å². The smallest absolute Gasteiger partial charge is 0.193 e. The van der Waals surface area contributed by atoms with E-state index in [1.165, 1.54) is 6.42 Å². The van der Waals surface area contributed by atoms with Crippen LogP contribution in [0.3, 0.4) is 0 Å². The summed E-state index contributed by atoms with van der Waals surface area (Å²) in [4.78, 5) is 9.95. The van der Waals surface area contributed by atoms with Crippen molar-refractivity contribution in [2.45, 2.75) is 66.3 Å². The van der Waals surface area contributed by atoms with Gasteiger partial charge in [-0.1, -0.05) is 27.7 Å². The zero-order valence-corrected chi connectivity index (χ0v) is 19.4. The van der Waals surface area contributed by atoms with Crippen molar-refractivity contribution in [2.24, 2.45) is 10.4 Å². The molecule has 0 aromatic carbocycles. The molecule has 6 heteroatoms. The van der Waals surface area contributed by atoms with Gasteiger partial charge in [0, 0.05) is 38.8 Å². The van der Waals surface area contributed by atoms with E-state index < -0.39 is 0 Å². The van der Waals surface area contributed by atoms with Crippen LogP contribution in [0.1, 0.15) is 60.3 Å². The van der Waals surface area contributed by atoms with E-state index in [0.717, 1.165) is 64.5 Å². The van der Waals surface area contributed by atoms with Gasteiger partial charge in [0.1, 0.15) is 0 Å². The fourth-order valence-corrected chi connectivity index (χ4v) is 3.78. The van der Waals surface area contributed by atoms with E-state index in [9.17, 15) is 5.11 Å². The molecule has 25 heavy (non-hydrogen) atoms. The highest BCUT2D eigenvalue weighted by Gasteiger charge is 2.29. The van der Waals surface area contributed by atoms with Gasteiger partial charge in [-0.2, -0.15) is 0 Å². The lowest BCUT2D eigenvalue weighted by Crippen LogP contribution is -2.43. The van der Waals surface area contributed by atoms with Crippen LogP contribution >= 0.6 is 24.0 Å². The van der Waals surface area contributed by atoms with Gasteiger partial charge in [-0.15, -0.1) is 24.0 Å². The van der Waals surface area contributed by atoms with Crippen LogP contribution < -0.4 is 5.32 Å². The normalized spacial score (nSPS) is 18.6. The Morgan fingerprint density at radius 2 is 1.84 bits per heavy atom. The number of aliphatic hydroxyl groups excluding tert-OH is 1. The van der Waals surface area contributed by atoms with Crippen LogP contribution in [0, 0.1) is 5.41 Å².